The van der Waals surface area contributed by atoms with Crippen LogP contribution in [0.25, 0.3) is 0 Å². The Morgan fingerprint density at radius 3 is 2.53 bits per heavy atom. The Morgan fingerprint density at radius 2 is 2.06 bits per heavy atom. The van der Waals surface area contributed by atoms with E-state index < -0.39 is 0 Å². The second-order valence-corrected chi connectivity index (χ2v) is 4.16. The molecule has 4 nitrogen and oxygen atoms in total. The number of nitrogens with zero attached hydrogens (tertiary/aromatic N) is 1. The van der Waals surface area contributed by atoms with Crippen LogP contribution in [-0.2, 0) is 0 Å². The molecular formula is C12H20ClNO3. The van der Waals surface area contributed by atoms with Crippen LogP contribution in [0, 0.1) is 12.8 Å². The second kappa shape index (κ2) is 6.67. The molecule has 17 heavy (non-hydrogen) atoms. The van der Waals surface area contributed by atoms with Crippen molar-refractivity contribution in [3.63, 3.8) is 0 Å². The first kappa shape index (κ1) is 16.0. The molecule has 0 aliphatic rings. The summed E-state index contributed by atoms with van der Waals surface area (Å²) >= 11 is 0. The van der Waals surface area contributed by atoms with Gasteiger partial charge in [-0.2, -0.15) is 0 Å². The second-order valence-electron chi connectivity index (χ2n) is 4.16. The average molecular weight is 262 g/mol. The van der Waals surface area contributed by atoms with Crippen LogP contribution in [0.15, 0.2) is 17.1 Å². The highest BCUT2D eigenvalue weighted by Gasteiger charge is 2.19. The van der Waals surface area contributed by atoms with Crippen LogP contribution in [0.2, 0.25) is 0 Å². The maximum Gasteiger partial charge on any atom is 0.223 e. The largest absolute Gasteiger partial charge is 0.503 e. The maximum atomic E-state index is 11.2. The Hall–Kier alpha value is -1.00. The molecule has 0 saturated heterocycles. The van der Waals surface area contributed by atoms with E-state index in [4.69, 9.17) is 0 Å². The van der Waals surface area contributed by atoms with Crippen molar-refractivity contribution >= 4 is 12.4 Å². The van der Waals surface area contributed by atoms with Gasteiger partial charge in [-0.3, -0.25) is 4.79 Å². The van der Waals surface area contributed by atoms with Gasteiger partial charge in [0.1, 0.15) is 0 Å². The van der Waals surface area contributed by atoms with Crippen molar-refractivity contribution in [1.82, 2.24) is 4.57 Å². The summed E-state index contributed by atoms with van der Waals surface area (Å²) in [5, 5.41) is 19.0. The van der Waals surface area contributed by atoms with Crippen LogP contribution in [0.3, 0.4) is 0 Å². The fourth-order valence-electron chi connectivity index (χ4n) is 1.81. The minimum atomic E-state index is -0.380. The van der Waals surface area contributed by atoms with E-state index in [1.807, 2.05) is 13.8 Å². The van der Waals surface area contributed by atoms with Gasteiger partial charge in [-0.05, 0) is 12.8 Å². The molecule has 1 rings (SSSR count). The lowest BCUT2D eigenvalue weighted by Crippen LogP contribution is -2.23. The topological polar surface area (TPSA) is 62.5 Å². The zero-order chi connectivity index (χ0) is 12.3. The van der Waals surface area contributed by atoms with Gasteiger partial charge in [0.25, 0.3) is 0 Å². The molecule has 0 radical (unpaired) electrons. The van der Waals surface area contributed by atoms with Gasteiger partial charge in [-0.1, -0.05) is 20.3 Å². The fraction of sp³-hybridized carbons (Fsp3) is 0.583. The third-order valence-corrected chi connectivity index (χ3v) is 3.20. The maximum absolute atomic E-state index is 11.2. The molecular weight excluding hydrogens is 242 g/mol. The van der Waals surface area contributed by atoms with Crippen LogP contribution in [-0.4, -0.2) is 21.4 Å². The summed E-state index contributed by atoms with van der Waals surface area (Å²) in [5.74, 6) is 0.0508. The average Bonchev–Trinajstić information content (AvgIpc) is 2.29. The van der Waals surface area contributed by atoms with E-state index in [1.54, 1.807) is 17.7 Å². The molecule has 0 fully saturated rings. The van der Waals surface area contributed by atoms with Gasteiger partial charge < -0.3 is 14.8 Å². The van der Waals surface area contributed by atoms with Crippen molar-refractivity contribution in [3.8, 4) is 5.75 Å². The Balaban J connectivity index is 0.00000256. The molecule has 0 spiro atoms. The van der Waals surface area contributed by atoms with Gasteiger partial charge in [-0.25, -0.2) is 0 Å². The van der Waals surface area contributed by atoms with E-state index in [0.29, 0.717) is 5.69 Å². The molecule has 1 heterocycles. The quantitative estimate of drug-likeness (QED) is 0.870. The predicted octanol–water partition coefficient (Wildman–Crippen LogP) is 1.86. The van der Waals surface area contributed by atoms with Crippen LogP contribution in [0.4, 0.5) is 0 Å². The van der Waals surface area contributed by atoms with Crippen molar-refractivity contribution in [2.45, 2.75) is 33.2 Å². The highest BCUT2D eigenvalue weighted by molar-refractivity contribution is 5.85. The third-order valence-electron chi connectivity index (χ3n) is 3.20. The van der Waals surface area contributed by atoms with Crippen molar-refractivity contribution < 1.29 is 10.2 Å². The lowest BCUT2D eigenvalue weighted by Gasteiger charge is -2.26. The summed E-state index contributed by atoms with van der Waals surface area (Å²) in [7, 11) is 0. The van der Waals surface area contributed by atoms with Gasteiger partial charge in [0.15, 0.2) is 5.75 Å². The molecule has 0 aliphatic heterocycles. The third kappa shape index (κ3) is 3.23. The Kier molecular flexibility index (Phi) is 6.27. The van der Waals surface area contributed by atoms with Gasteiger partial charge in [-0.15, -0.1) is 12.4 Å². The first-order chi connectivity index (χ1) is 7.52. The molecule has 98 valence electrons. The number of hydrogen-bond acceptors (Lipinski definition) is 3. The molecule has 1 aromatic heterocycles. The summed E-state index contributed by atoms with van der Waals surface area (Å²) in [4.78, 5) is 11.2. The number of aliphatic hydroxyl groups excluding tert-OH is 1. The normalized spacial score (nSPS) is 13.9. The lowest BCUT2D eigenvalue weighted by atomic mass is 9.99. The Labute approximate surface area is 107 Å². The first-order valence-electron chi connectivity index (χ1n) is 5.54. The minimum Gasteiger partial charge on any atom is -0.503 e. The van der Waals surface area contributed by atoms with Crippen LogP contribution >= 0.6 is 12.4 Å². The smallest absolute Gasteiger partial charge is 0.223 e. The zero-order valence-electron chi connectivity index (χ0n) is 10.4. The molecule has 2 atom stereocenters. The molecule has 2 N–H and O–H groups in total. The fourth-order valence-corrected chi connectivity index (χ4v) is 1.81. The number of hydrogen-bond donors (Lipinski definition) is 2. The summed E-state index contributed by atoms with van der Waals surface area (Å²) in [6.07, 6.45) is 2.56. The molecule has 0 amide bonds. The minimum absolute atomic E-state index is 0. The summed E-state index contributed by atoms with van der Waals surface area (Å²) in [6, 6.07) is 1.23. The Morgan fingerprint density at radius 1 is 1.47 bits per heavy atom. The number of rotatable bonds is 4. The monoisotopic (exact) mass is 261 g/mol. The standard InChI is InChI=1S/C12H19NO3.ClH/c1-4-8(2)10(7-14)13-6-5-11(15)12(16)9(13)3;/h5-6,8,10,14,16H,4,7H2,1-3H3;1H/t8?,10-;/m1./s1. The Bertz CT molecular complexity index is 417. The van der Waals surface area contributed by atoms with E-state index in [-0.39, 0.29) is 42.2 Å². The molecule has 0 bridgehead atoms. The van der Waals surface area contributed by atoms with Crippen molar-refractivity contribution in [1.29, 1.82) is 0 Å². The molecule has 0 saturated carbocycles. The zero-order valence-corrected chi connectivity index (χ0v) is 11.2. The highest BCUT2D eigenvalue weighted by Crippen LogP contribution is 2.23. The number of aromatic nitrogens is 1. The van der Waals surface area contributed by atoms with Gasteiger partial charge >= 0.3 is 0 Å². The molecule has 0 aliphatic carbocycles. The van der Waals surface area contributed by atoms with Gasteiger partial charge in [0.05, 0.1) is 18.3 Å². The van der Waals surface area contributed by atoms with Crippen molar-refractivity contribution in [2.24, 2.45) is 5.92 Å². The van der Waals surface area contributed by atoms with Crippen molar-refractivity contribution in [3.05, 3.63) is 28.2 Å². The molecule has 1 aromatic rings. The SMILES string of the molecule is CCC(C)[C@@H](CO)n1ccc(=O)c(O)c1C.Cl. The summed E-state index contributed by atoms with van der Waals surface area (Å²) in [6.45, 7) is 5.76. The number of pyridine rings is 1. The van der Waals surface area contributed by atoms with Crippen LogP contribution in [0.1, 0.15) is 32.0 Å². The van der Waals surface area contributed by atoms with E-state index in [9.17, 15) is 15.0 Å². The highest BCUT2D eigenvalue weighted by atomic mass is 35.5. The summed E-state index contributed by atoms with van der Waals surface area (Å²) in [5.41, 5.74) is 0.126. The number of aliphatic hydroxyl groups is 1. The molecule has 1 unspecified atom stereocenters. The van der Waals surface area contributed by atoms with Gasteiger partial charge in [0, 0.05) is 12.3 Å². The van der Waals surface area contributed by atoms with Crippen LogP contribution < -0.4 is 5.43 Å². The predicted molar refractivity (Wildman–Crippen MR) is 69.9 cm³/mol. The van der Waals surface area contributed by atoms with E-state index in [0.717, 1.165) is 6.42 Å². The van der Waals surface area contributed by atoms with Gasteiger partial charge in [0.2, 0.25) is 5.43 Å². The molecule has 0 aromatic carbocycles. The van der Waals surface area contributed by atoms with Crippen molar-refractivity contribution in [2.75, 3.05) is 6.61 Å². The van der Waals surface area contributed by atoms with E-state index in [1.165, 1.54) is 6.07 Å². The van der Waals surface area contributed by atoms with E-state index >= 15 is 0 Å². The molecule has 5 heteroatoms. The lowest BCUT2D eigenvalue weighted by molar-refractivity contribution is 0.180. The number of aromatic hydroxyl groups is 1. The van der Waals surface area contributed by atoms with E-state index in [2.05, 4.69) is 0 Å². The first-order valence-corrected chi connectivity index (χ1v) is 5.54. The number of halogens is 1. The summed E-state index contributed by atoms with van der Waals surface area (Å²) < 4.78 is 1.77. The van der Waals surface area contributed by atoms with Crippen LogP contribution in [0.5, 0.6) is 5.75 Å².